The van der Waals surface area contributed by atoms with E-state index in [0.717, 1.165) is 0 Å². The second-order valence-corrected chi connectivity index (χ2v) is 5.47. The molecule has 1 aromatic rings. The first-order chi connectivity index (χ1) is 11.5. The van der Waals surface area contributed by atoms with Crippen LogP contribution < -0.4 is 0 Å². The highest BCUT2D eigenvalue weighted by Gasteiger charge is 2.26. The molecule has 0 unspecified atom stereocenters. The first-order valence-corrected chi connectivity index (χ1v) is 8.00. The number of hydrogen-bond donors (Lipinski definition) is 1. The van der Waals surface area contributed by atoms with Crippen molar-refractivity contribution in [3.8, 4) is 0 Å². The van der Waals surface area contributed by atoms with Crippen LogP contribution in [0.15, 0.2) is 18.3 Å². The molecule has 8 heteroatoms. The van der Waals surface area contributed by atoms with Gasteiger partial charge in [0.1, 0.15) is 5.69 Å². The standard InChI is InChI=1S/C16H22N4O4/c1-3-18(4-2)16(24)20-9-7-19(8-10-20)14(21)12-5-6-13(15(22)23)17-11-12/h5-6,11H,3-4,7-10H2,1-2H3,(H,22,23). The minimum Gasteiger partial charge on any atom is -0.477 e. The summed E-state index contributed by atoms with van der Waals surface area (Å²) in [7, 11) is 0. The van der Waals surface area contributed by atoms with Crippen LogP contribution in [0.4, 0.5) is 4.79 Å². The molecular formula is C16H22N4O4. The van der Waals surface area contributed by atoms with Crippen LogP contribution in [0, 0.1) is 0 Å². The lowest BCUT2D eigenvalue weighted by Crippen LogP contribution is -2.54. The summed E-state index contributed by atoms with van der Waals surface area (Å²) in [6, 6.07) is 2.78. The van der Waals surface area contributed by atoms with Crippen LogP contribution in [0.3, 0.4) is 0 Å². The van der Waals surface area contributed by atoms with Crippen molar-refractivity contribution < 1.29 is 19.5 Å². The predicted octanol–water partition coefficient (Wildman–Crippen LogP) is 0.999. The summed E-state index contributed by atoms with van der Waals surface area (Å²) in [6.45, 7) is 7.08. The number of carbonyl (C=O) groups excluding carboxylic acids is 2. The fourth-order valence-corrected chi connectivity index (χ4v) is 2.62. The fraction of sp³-hybridized carbons (Fsp3) is 0.500. The highest BCUT2D eigenvalue weighted by atomic mass is 16.4. The normalized spacial score (nSPS) is 14.4. The van der Waals surface area contributed by atoms with E-state index < -0.39 is 5.97 Å². The molecule has 2 heterocycles. The van der Waals surface area contributed by atoms with Crippen LogP contribution in [0.25, 0.3) is 0 Å². The molecule has 8 nitrogen and oxygen atoms in total. The van der Waals surface area contributed by atoms with Gasteiger partial charge in [0.05, 0.1) is 5.56 Å². The molecule has 0 aromatic carbocycles. The van der Waals surface area contributed by atoms with Crippen molar-refractivity contribution in [1.29, 1.82) is 0 Å². The van der Waals surface area contributed by atoms with Crippen molar-refractivity contribution in [3.63, 3.8) is 0 Å². The maximum atomic E-state index is 12.4. The highest BCUT2D eigenvalue weighted by molar-refractivity contribution is 5.95. The number of nitrogens with zero attached hydrogens (tertiary/aromatic N) is 4. The Balaban J connectivity index is 1.95. The number of carboxylic acid groups (broad SMARTS) is 1. The van der Waals surface area contributed by atoms with Crippen LogP contribution in [0.2, 0.25) is 0 Å². The first-order valence-electron chi connectivity index (χ1n) is 8.00. The largest absolute Gasteiger partial charge is 0.477 e. The Bertz CT molecular complexity index is 605. The first kappa shape index (κ1) is 17.7. The Labute approximate surface area is 140 Å². The van der Waals surface area contributed by atoms with E-state index in [-0.39, 0.29) is 17.6 Å². The average Bonchev–Trinajstić information content (AvgIpc) is 2.62. The molecule has 1 aliphatic rings. The van der Waals surface area contributed by atoms with E-state index in [1.54, 1.807) is 14.7 Å². The number of rotatable bonds is 4. The van der Waals surface area contributed by atoms with Crippen molar-refractivity contribution in [1.82, 2.24) is 19.7 Å². The molecule has 1 fully saturated rings. The van der Waals surface area contributed by atoms with Crippen LogP contribution in [-0.4, -0.2) is 82.0 Å². The fourth-order valence-electron chi connectivity index (χ4n) is 2.62. The third-order valence-electron chi connectivity index (χ3n) is 4.10. The predicted molar refractivity (Wildman–Crippen MR) is 87.0 cm³/mol. The average molecular weight is 334 g/mol. The monoisotopic (exact) mass is 334 g/mol. The zero-order valence-electron chi connectivity index (χ0n) is 13.9. The second-order valence-electron chi connectivity index (χ2n) is 5.47. The molecule has 1 saturated heterocycles. The topological polar surface area (TPSA) is 94.1 Å². The Morgan fingerprint density at radius 1 is 1.08 bits per heavy atom. The summed E-state index contributed by atoms with van der Waals surface area (Å²) in [6.07, 6.45) is 1.28. The molecule has 2 rings (SSSR count). The van der Waals surface area contributed by atoms with Gasteiger partial charge in [-0.2, -0.15) is 0 Å². The number of amides is 3. The van der Waals surface area contributed by atoms with Crippen LogP contribution in [-0.2, 0) is 0 Å². The molecule has 130 valence electrons. The second kappa shape index (κ2) is 7.76. The lowest BCUT2D eigenvalue weighted by atomic mass is 10.2. The minimum absolute atomic E-state index is 0.000392. The van der Waals surface area contributed by atoms with Crippen LogP contribution >= 0.6 is 0 Å². The smallest absolute Gasteiger partial charge is 0.354 e. The van der Waals surface area contributed by atoms with Crippen molar-refractivity contribution >= 4 is 17.9 Å². The van der Waals surface area contributed by atoms with Crippen LogP contribution in [0.5, 0.6) is 0 Å². The molecule has 0 aliphatic carbocycles. The van der Waals surface area contributed by atoms with E-state index in [0.29, 0.717) is 44.8 Å². The van der Waals surface area contributed by atoms with Gasteiger partial charge in [0.25, 0.3) is 5.91 Å². The number of pyridine rings is 1. The van der Waals surface area contributed by atoms with Gasteiger partial charge < -0.3 is 19.8 Å². The van der Waals surface area contributed by atoms with Crippen LogP contribution in [0.1, 0.15) is 34.7 Å². The van der Waals surface area contributed by atoms with E-state index in [2.05, 4.69) is 4.98 Å². The van der Waals surface area contributed by atoms with E-state index >= 15 is 0 Å². The van der Waals surface area contributed by atoms with Gasteiger partial charge in [-0.15, -0.1) is 0 Å². The SMILES string of the molecule is CCN(CC)C(=O)N1CCN(C(=O)c2ccc(C(=O)O)nc2)CC1. The van der Waals surface area contributed by atoms with Crippen molar-refractivity contribution in [2.75, 3.05) is 39.3 Å². The Hall–Kier alpha value is -2.64. The maximum Gasteiger partial charge on any atom is 0.354 e. The Kier molecular flexibility index (Phi) is 5.73. The Morgan fingerprint density at radius 3 is 2.12 bits per heavy atom. The highest BCUT2D eigenvalue weighted by Crippen LogP contribution is 2.10. The maximum absolute atomic E-state index is 12.4. The zero-order chi connectivity index (χ0) is 17.7. The molecule has 0 radical (unpaired) electrons. The van der Waals surface area contributed by atoms with Crippen molar-refractivity contribution in [3.05, 3.63) is 29.6 Å². The molecule has 0 bridgehead atoms. The van der Waals surface area contributed by atoms with E-state index in [4.69, 9.17) is 5.11 Å². The number of hydrogen-bond acceptors (Lipinski definition) is 4. The number of aromatic nitrogens is 1. The van der Waals surface area contributed by atoms with E-state index in [1.165, 1.54) is 18.3 Å². The van der Waals surface area contributed by atoms with Gasteiger partial charge in [-0.3, -0.25) is 4.79 Å². The summed E-state index contributed by atoms with van der Waals surface area (Å²) in [5, 5.41) is 8.83. The zero-order valence-corrected chi connectivity index (χ0v) is 13.9. The van der Waals surface area contributed by atoms with E-state index in [9.17, 15) is 14.4 Å². The van der Waals surface area contributed by atoms with Gasteiger partial charge in [-0.05, 0) is 26.0 Å². The molecule has 3 amide bonds. The van der Waals surface area contributed by atoms with Gasteiger partial charge in [-0.1, -0.05) is 0 Å². The van der Waals surface area contributed by atoms with Gasteiger partial charge in [-0.25, -0.2) is 14.6 Å². The summed E-state index contributed by atoms with van der Waals surface area (Å²) in [4.78, 5) is 44.4. The number of urea groups is 1. The summed E-state index contributed by atoms with van der Waals surface area (Å²) in [5.74, 6) is -1.33. The van der Waals surface area contributed by atoms with E-state index in [1.807, 2.05) is 13.8 Å². The number of carboxylic acids is 1. The van der Waals surface area contributed by atoms with Gasteiger partial charge >= 0.3 is 12.0 Å². The number of aromatic carboxylic acids is 1. The Morgan fingerprint density at radius 2 is 1.67 bits per heavy atom. The molecule has 0 spiro atoms. The molecular weight excluding hydrogens is 312 g/mol. The minimum atomic E-state index is -1.13. The van der Waals surface area contributed by atoms with Gasteiger partial charge in [0.2, 0.25) is 0 Å². The molecule has 0 atom stereocenters. The number of piperazine rings is 1. The molecule has 24 heavy (non-hydrogen) atoms. The van der Waals surface area contributed by atoms with Gasteiger partial charge in [0.15, 0.2) is 0 Å². The van der Waals surface area contributed by atoms with Crippen molar-refractivity contribution in [2.24, 2.45) is 0 Å². The molecule has 0 saturated carbocycles. The third kappa shape index (κ3) is 3.81. The third-order valence-corrected chi connectivity index (χ3v) is 4.10. The van der Waals surface area contributed by atoms with Gasteiger partial charge in [0, 0.05) is 45.5 Å². The molecule has 1 N–H and O–H groups in total. The summed E-state index contributed by atoms with van der Waals surface area (Å²) in [5.41, 5.74) is 0.254. The molecule has 1 aliphatic heterocycles. The quantitative estimate of drug-likeness (QED) is 0.886. The summed E-state index contributed by atoms with van der Waals surface area (Å²) < 4.78 is 0. The van der Waals surface area contributed by atoms with Crippen molar-refractivity contribution in [2.45, 2.75) is 13.8 Å². The molecule has 1 aromatic heterocycles. The summed E-state index contributed by atoms with van der Waals surface area (Å²) >= 11 is 0. The number of carbonyl (C=O) groups is 3. The lowest BCUT2D eigenvalue weighted by molar-refractivity contribution is 0.0638. The lowest BCUT2D eigenvalue weighted by Gasteiger charge is -2.37.